The van der Waals surface area contributed by atoms with Crippen LogP contribution in [0.3, 0.4) is 0 Å². The Morgan fingerprint density at radius 1 is 0.722 bits per heavy atom. The number of hydrogen-bond donors (Lipinski definition) is 3. The summed E-state index contributed by atoms with van der Waals surface area (Å²) >= 11 is 0. The van der Waals surface area contributed by atoms with Gasteiger partial charge in [-0.05, 0) is 12.8 Å². The Morgan fingerprint density at radius 3 is 1.33 bits per heavy atom. The van der Waals surface area contributed by atoms with E-state index >= 15 is 0 Å². The SMILES string of the molecule is C1COCCN1.OC1CCOC1.OC1CCOC1. The number of rotatable bonds is 0. The van der Waals surface area contributed by atoms with Crippen LogP contribution in [0.25, 0.3) is 0 Å². The van der Waals surface area contributed by atoms with Crippen LogP contribution in [0.1, 0.15) is 12.8 Å². The van der Waals surface area contributed by atoms with Gasteiger partial charge in [-0.2, -0.15) is 0 Å². The van der Waals surface area contributed by atoms with Crippen molar-refractivity contribution in [2.24, 2.45) is 0 Å². The van der Waals surface area contributed by atoms with Gasteiger partial charge in [0.25, 0.3) is 0 Å². The maximum absolute atomic E-state index is 8.60. The third-order valence-electron chi connectivity index (χ3n) is 2.66. The van der Waals surface area contributed by atoms with Gasteiger partial charge >= 0.3 is 0 Å². The molecule has 3 rings (SSSR count). The van der Waals surface area contributed by atoms with Crippen molar-refractivity contribution in [2.75, 3.05) is 52.7 Å². The first-order valence-electron chi connectivity index (χ1n) is 6.59. The number of nitrogens with one attached hydrogen (secondary N) is 1. The highest BCUT2D eigenvalue weighted by Crippen LogP contribution is 2.01. The Labute approximate surface area is 108 Å². The van der Waals surface area contributed by atoms with E-state index < -0.39 is 0 Å². The van der Waals surface area contributed by atoms with Gasteiger partial charge in [0, 0.05) is 26.3 Å². The molecule has 3 aliphatic rings. The lowest BCUT2D eigenvalue weighted by Gasteiger charge is -2.10. The average Bonchev–Trinajstić information content (AvgIpc) is 3.07. The molecule has 2 atom stereocenters. The second kappa shape index (κ2) is 10.7. The van der Waals surface area contributed by atoms with E-state index in [1.54, 1.807) is 0 Å². The molecule has 2 unspecified atom stereocenters. The molecule has 0 aromatic rings. The van der Waals surface area contributed by atoms with Crippen LogP contribution >= 0.6 is 0 Å². The number of morpholine rings is 1. The van der Waals surface area contributed by atoms with E-state index in [-0.39, 0.29) is 12.2 Å². The van der Waals surface area contributed by atoms with Crippen molar-refractivity contribution in [1.82, 2.24) is 5.32 Å². The van der Waals surface area contributed by atoms with Crippen molar-refractivity contribution in [3.05, 3.63) is 0 Å². The average molecular weight is 263 g/mol. The predicted octanol–water partition coefficient (Wildman–Crippen LogP) is -0.859. The van der Waals surface area contributed by atoms with Crippen LogP contribution < -0.4 is 5.32 Å². The van der Waals surface area contributed by atoms with E-state index in [1.165, 1.54) is 0 Å². The van der Waals surface area contributed by atoms with Crippen molar-refractivity contribution >= 4 is 0 Å². The van der Waals surface area contributed by atoms with Gasteiger partial charge in [0.15, 0.2) is 0 Å². The third-order valence-corrected chi connectivity index (χ3v) is 2.66. The smallest absolute Gasteiger partial charge is 0.0795 e. The minimum atomic E-state index is -0.176. The number of aliphatic hydroxyl groups excluding tert-OH is 2. The van der Waals surface area contributed by atoms with Crippen LogP contribution in [0.15, 0.2) is 0 Å². The molecule has 108 valence electrons. The lowest BCUT2D eigenvalue weighted by molar-refractivity contribution is 0.109. The maximum atomic E-state index is 8.60. The summed E-state index contributed by atoms with van der Waals surface area (Å²) < 4.78 is 14.6. The highest BCUT2D eigenvalue weighted by molar-refractivity contribution is 4.58. The molecular formula is C12H25NO5. The zero-order valence-electron chi connectivity index (χ0n) is 10.8. The minimum absolute atomic E-state index is 0.176. The fourth-order valence-corrected chi connectivity index (χ4v) is 1.56. The van der Waals surface area contributed by atoms with Gasteiger partial charge < -0.3 is 29.7 Å². The van der Waals surface area contributed by atoms with Crippen LogP contribution in [0, 0.1) is 0 Å². The van der Waals surface area contributed by atoms with Crippen LogP contribution in [-0.2, 0) is 14.2 Å². The normalized spacial score (nSPS) is 31.0. The van der Waals surface area contributed by atoms with Crippen molar-refractivity contribution < 1.29 is 24.4 Å². The standard InChI is InChI=1S/C4H9NO.2C4H8O2/c1-3-6-4-2-5-1;2*5-4-1-2-6-3-4/h5H,1-4H2;2*4-5H,1-3H2. The summed E-state index contributed by atoms with van der Waals surface area (Å²) in [5, 5.41) is 20.4. The molecule has 0 radical (unpaired) electrons. The van der Waals surface area contributed by atoms with Crippen molar-refractivity contribution in [1.29, 1.82) is 0 Å². The van der Waals surface area contributed by atoms with Crippen LogP contribution in [-0.4, -0.2) is 75.2 Å². The van der Waals surface area contributed by atoms with Crippen molar-refractivity contribution in [3.63, 3.8) is 0 Å². The Kier molecular flexibility index (Phi) is 9.37. The molecule has 3 N–H and O–H groups in total. The van der Waals surface area contributed by atoms with Gasteiger partial charge in [-0.1, -0.05) is 0 Å². The summed E-state index contributed by atoms with van der Waals surface area (Å²) in [6.45, 7) is 6.39. The molecule has 0 bridgehead atoms. The molecule has 3 fully saturated rings. The summed E-state index contributed by atoms with van der Waals surface area (Å²) in [6, 6.07) is 0. The van der Waals surface area contributed by atoms with Crippen LogP contribution in [0.2, 0.25) is 0 Å². The molecule has 0 aromatic carbocycles. The zero-order chi connectivity index (χ0) is 13.1. The summed E-state index contributed by atoms with van der Waals surface area (Å²) in [5.74, 6) is 0. The fraction of sp³-hybridized carbons (Fsp3) is 1.00. The van der Waals surface area contributed by atoms with Gasteiger partial charge in [0.2, 0.25) is 0 Å². The lowest BCUT2D eigenvalue weighted by Crippen LogP contribution is -2.30. The Morgan fingerprint density at radius 2 is 1.22 bits per heavy atom. The second-order valence-corrected chi connectivity index (χ2v) is 4.40. The number of hydrogen-bond acceptors (Lipinski definition) is 6. The van der Waals surface area contributed by atoms with Gasteiger partial charge in [0.05, 0.1) is 38.6 Å². The third kappa shape index (κ3) is 8.79. The van der Waals surface area contributed by atoms with Crippen LogP contribution in [0.4, 0.5) is 0 Å². The Bertz CT molecular complexity index is 152. The van der Waals surface area contributed by atoms with Crippen LogP contribution in [0.5, 0.6) is 0 Å². The van der Waals surface area contributed by atoms with Crippen molar-refractivity contribution in [3.8, 4) is 0 Å². The van der Waals surface area contributed by atoms with E-state index in [0.29, 0.717) is 13.2 Å². The van der Waals surface area contributed by atoms with Gasteiger partial charge in [-0.3, -0.25) is 0 Å². The monoisotopic (exact) mass is 263 g/mol. The minimum Gasteiger partial charge on any atom is -0.391 e. The second-order valence-electron chi connectivity index (χ2n) is 4.40. The first-order chi connectivity index (χ1) is 8.79. The summed E-state index contributed by atoms with van der Waals surface area (Å²) in [6.07, 6.45) is 1.29. The largest absolute Gasteiger partial charge is 0.391 e. The van der Waals surface area contributed by atoms with E-state index in [1.807, 2.05) is 0 Å². The molecule has 18 heavy (non-hydrogen) atoms. The quantitative estimate of drug-likeness (QED) is 0.528. The summed E-state index contributed by atoms with van der Waals surface area (Å²) in [7, 11) is 0. The molecule has 3 saturated heterocycles. The fourth-order valence-electron chi connectivity index (χ4n) is 1.56. The topological polar surface area (TPSA) is 80.2 Å². The molecule has 0 spiro atoms. The Balaban J connectivity index is 0.000000135. The van der Waals surface area contributed by atoms with Gasteiger partial charge in [-0.15, -0.1) is 0 Å². The molecular weight excluding hydrogens is 238 g/mol. The van der Waals surface area contributed by atoms with E-state index in [0.717, 1.165) is 52.4 Å². The Hall–Kier alpha value is -0.240. The van der Waals surface area contributed by atoms with E-state index in [2.05, 4.69) is 5.32 Å². The van der Waals surface area contributed by atoms with E-state index in [4.69, 9.17) is 24.4 Å². The maximum Gasteiger partial charge on any atom is 0.0795 e. The molecule has 6 nitrogen and oxygen atoms in total. The summed E-state index contributed by atoms with van der Waals surface area (Å²) in [4.78, 5) is 0. The molecule has 3 aliphatic heterocycles. The van der Waals surface area contributed by atoms with Gasteiger partial charge in [0.1, 0.15) is 0 Å². The lowest BCUT2D eigenvalue weighted by atomic mass is 10.3. The molecule has 0 aromatic heterocycles. The zero-order valence-corrected chi connectivity index (χ0v) is 10.8. The highest BCUT2D eigenvalue weighted by Gasteiger charge is 2.10. The molecule has 0 amide bonds. The van der Waals surface area contributed by atoms with Gasteiger partial charge in [-0.25, -0.2) is 0 Å². The molecule has 6 heteroatoms. The summed E-state index contributed by atoms with van der Waals surface area (Å²) in [5.41, 5.74) is 0. The molecule has 0 aliphatic carbocycles. The highest BCUT2D eigenvalue weighted by atomic mass is 16.5. The molecule has 0 saturated carbocycles. The number of ether oxygens (including phenoxy) is 3. The van der Waals surface area contributed by atoms with Crippen molar-refractivity contribution in [2.45, 2.75) is 25.0 Å². The van der Waals surface area contributed by atoms with E-state index in [9.17, 15) is 0 Å². The predicted molar refractivity (Wildman–Crippen MR) is 66.6 cm³/mol. The first kappa shape index (κ1) is 15.8. The first-order valence-corrected chi connectivity index (χ1v) is 6.59. The number of aliphatic hydroxyl groups is 2. The molecule has 3 heterocycles.